The number of hydrogen-bond donors (Lipinski definition) is 1. The Hall–Kier alpha value is -1.23. The monoisotopic (exact) mass is 286 g/mol. The largest absolute Gasteiger partial charge is 0.467 e. The average molecular weight is 287 g/mol. The molecule has 16 heavy (non-hydrogen) atoms. The Morgan fingerprint density at radius 2 is 2.19 bits per heavy atom. The van der Waals surface area contributed by atoms with E-state index in [4.69, 9.17) is 5.73 Å². The van der Waals surface area contributed by atoms with Crippen molar-refractivity contribution in [2.75, 3.05) is 24.8 Å². The number of nitrogen functional groups attached to an aromatic ring is 1. The van der Waals surface area contributed by atoms with Crippen LogP contribution in [0, 0.1) is 0 Å². The lowest BCUT2D eigenvalue weighted by Gasteiger charge is -2.26. The number of ether oxygens (including phenoxy) is 1. The summed E-state index contributed by atoms with van der Waals surface area (Å²) in [5.41, 5.74) is 7.30. The van der Waals surface area contributed by atoms with Crippen LogP contribution in [0.3, 0.4) is 0 Å². The molecule has 0 aliphatic heterocycles. The zero-order valence-electron chi connectivity index (χ0n) is 9.53. The van der Waals surface area contributed by atoms with Crippen molar-refractivity contribution in [2.24, 2.45) is 0 Å². The number of nitrogens with two attached hydrogens (primary N) is 1. The summed E-state index contributed by atoms with van der Waals surface area (Å²) >= 11 is 3.33. The third kappa shape index (κ3) is 2.66. The maximum atomic E-state index is 11.4. The van der Waals surface area contributed by atoms with Crippen LogP contribution < -0.4 is 10.6 Å². The van der Waals surface area contributed by atoms with Gasteiger partial charge in [-0.15, -0.1) is 0 Å². The zero-order valence-corrected chi connectivity index (χ0v) is 11.1. The molecule has 1 aromatic rings. The molecule has 0 aliphatic carbocycles. The molecule has 0 aliphatic rings. The Labute approximate surface area is 103 Å². The fraction of sp³-hybridized carbons (Fsp3) is 0.364. The van der Waals surface area contributed by atoms with Crippen molar-refractivity contribution < 1.29 is 9.53 Å². The fourth-order valence-corrected chi connectivity index (χ4v) is 1.76. The van der Waals surface area contributed by atoms with E-state index in [1.807, 2.05) is 12.1 Å². The molecular formula is C11H15BrN2O2. The van der Waals surface area contributed by atoms with Gasteiger partial charge in [0.2, 0.25) is 0 Å². The third-order valence-corrected chi connectivity index (χ3v) is 2.99. The molecule has 0 amide bonds. The summed E-state index contributed by atoms with van der Waals surface area (Å²) in [4.78, 5) is 13.2. The smallest absolute Gasteiger partial charge is 0.328 e. The summed E-state index contributed by atoms with van der Waals surface area (Å²) < 4.78 is 5.60. The molecule has 1 unspecified atom stereocenters. The predicted octanol–water partition coefficient (Wildman–Crippen LogP) is 2.03. The quantitative estimate of drug-likeness (QED) is 0.682. The first-order valence-electron chi connectivity index (χ1n) is 4.83. The highest BCUT2D eigenvalue weighted by Crippen LogP contribution is 2.27. The van der Waals surface area contributed by atoms with Gasteiger partial charge in [-0.25, -0.2) is 4.79 Å². The first kappa shape index (κ1) is 12.8. The van der Waals surface area contributed by atoms with Gasteiger partial charge in [-0.1, -0.05) is 15.9 Å². The number of hydrogen-bond acceptors (Lipinski definition) is 4. The van der Waals surface area contributed by atoms with E-state index in [2.05, 4.69) is 20.7 Å². The average Bonchev–Trinajstić information content (AvgIpc) is 2.26. The number of esters is 1. The zero-order chi connectivity index (χ0) is 12.3. The van der Waals surface area contributed by atoms with Gasteiger partial charge in [0, 0.05) is 11.5 Å². The van der Waals surface area contributed by atoms with Gasteiger partial charge in [0.25, 0.3) is 0 Å². The number of halogens is 1. The SMILES string of the molecule is COC(=O)C(C)N(C)c1ccc(Br)cc1N. The number of nitrogens with zero attached hydrogens (tertiary/aromatic N) is 1. The Kier molecular flexibility index (Phi) is 4.18. The second kappa shape index (κ2) is 5.21. The van der Waals surface area contributed by atoms with Crippen molar-refractivity contribution in [1.29, 1.82) is 0 Å². The number of carbonyl (C=O) groups is 1. The predicted molar refractivity (Wildman–Crippen MR) is 68.4 cm³/mol. The van der Waals surface area contributed by atoms with E-state index in [-0.39, 0.29) is 12.0 Å². The van der Waals surface area contributed by atoms with Gasteiger partial charge in [0.05, 0.1) is 18.5 Å². The number of carbonyl (C=O) groups excluding carboxylic acids is 1. The summed E-state index contributed by atoms with van der Waals surface area (Å²) in [6.07, 6.45) is 0. The number of rotatable bonds is 3. The highest BCUT2D eigenvalue weighted by atomic mass is 79.9. The lowest BCUT2D eigenvalue weighted by molar-refractivity contribution is -0.141. The Morgan fingerprint density at radius 1 is 1.56 bits per heavy atom. The molecule has 0 spiro atoms. The van der Waals surface area contributed by atoms with Gasteiger partial charge in [-0.2, -0.15) is 0 Å². The molecule has 0 aromatic heterocycles. The summed E-state index contributed by atoms with van der Waals surface area (Å²) in [6, 6.07) is 5.18. The Balaban J connectivity index is 2.96. The molecule has 0 saturated carbocycles. The first-order valence-corrected chi connectivity index (χ1v) is 5.62. The molecule has 0 heterocycles. The van der Waals surface area contributed by atoms with Crippen molar-refractivity contribution in [3.8, 4) is 0 Å². The van der Waals surface area contributed by atoms with Crippen molar-refractivity contribution >= 4 is 33.3 Å². The fourth-order valence-electron chi connectivity index (χ4n) is 1.38. The third-order valence-electron chi connectivity index (χ3n) is 2.49. The van der Waals surface area contributed by atoms with Crippen molar-refractivity contribution in [1.82, 2.24) is 0 Å². The normalized spacial score (nSPS) is 12.0. The van der Waals surface area contributed by atoms with E-state index in [9.17, 15) is 4.79 Å². The standard InChI is InChI=1S/C11H15BrN2O2/c1-7(11(15)16-3)14(2)10-5-4-8(12)6-9(10)13/h4-7H,13H2,1-3H3. The summed E-state index contributed by atoms with van der Waals surface area (Å²) in [5.74, 6) is -0.287. The molecule has 0 bridgehead atoms. The summed E-state index contributed by atoms with van der Waals surface area (Å²) in [7, 11) is 3.18. The van der Waals surface area contributed by atoms with Crippen LogP contribution in [0.2, 0.25) is 0 Å². The molecule has 1 rings (SSSR count). The minimum atomic E-state index is -0.367. The summed E-state index contributed by atoms with van der Waals surface area (Å²) in [5, 5.41) is 0. The lowest BCUT2D eigenvalue weighted by atomic mass is 10.2. The minimum absolute atomic E-state index is 0.287. The molecule has 88 valence electrons. The molecule has 1 atom stereocenters. The summed E-state index contributed by atoms with van der Waals surface area (Å²) in [6.45, 7) is 1.77. The van der Waals surface area contributed by atoms with Crippen LogP contribution in [-0.4, -0.2) is 26.2 Å². The van der Waals surface area contributed by atoms with Crippen LogP contribution in [0.15, 0.2) is 22.7 Å². The molecule has 1 aromatic carbocycles. The van der Waals surface area contributed by atoms with Gasteiger partial charge < -0.3 is 15.4 Å². The van der Waals surface area contributed by atoms with E-state index in [1.54, 1.807) is 24.9 Å². The van der Waals surface area contributed by atoms with Gasteiger partial charge in [0.15, 0.2) is 0 Å². The molecule has 0 fully saturated rings. The van der Waals surface area contributed by atoms with Crippen LogP contribution in [0.1, 0.15) is 6.92 Å². The Morgan fingerprint density at radius 3 is 2.69 bits per heavy atom. The number of anilines is 2. The van der Waals surface area contributed by atoms with Gasteiger partial charge in [-0.3, -0.25) is 0 Å². The maximum absolute atomic E-state index is 11.4. The second-order valence-corrected chi connectivity index (χ2v) is 4.43. The lowest BCUT2D eigenvalue weighted by Crippen LogP contribution is -2.37. The Bertz CT molecular complexity index is 396. The molecular weight excluding hydrogens is 272 g/mol. The molecule has 0 radical (unpaired) electrons. The molecule has 2 N–H and O–H groups in total. The van der Waals surface area contributed by atoms with Crippen LogP contribution >= 0.6 is 15.9 Å². The number of methoxy groups -OCH3 is 1. The topological polar surface area (TPSA) is 55.6 Å². The molecule has 0 saturated heterocycles. The highest BCUT2D eigenvalue weighted by Gasteiger charge is 2.20. The van der Waals surface area contributed by atoms with Crippen molar-refractivity contribution in [3.63, 3.8) is 0 Å². The van der Waals surface area contributed by atoms with Crippen molar-refractivity contribution in [3.05, 3.63) is 22.7 Å². The first-order chi connectivity index (χ1) is 7.47. The van der Waals surface area contributed by atoms with Crippen LogP contribution in [0.4, 0.5) is 11.4 Å². The van der Waals surface area contributed by atoms with E-state index >= 15 is 0 Å². The number of likely N-dealkylation sites (N-methyl/N-ethyl adjacent to an activating group) is 1. The molecule has 5 heteroatoms. The van der Waals surface area contributed by atoms with Crippen LogP contribution in [0.5, 0.6) is 0 Å². The van der Waals surface area contributed by atoms with Gasteiger partial charge >= 0.3 is 5.97 Å². The van der Waals surface area contributed by atoms with Gasteiger partial charge in [-0.05, 0) is 25.1 Å². The highest BCUT2D eigenvalue weighted by molar-refractivity contribution is 9.10. The van der Waals surface area contributed by atoms with E-state index in [0.29, 0.717) is 5.69 Å². The van der Waals surface area contributed by atoms with E-state index in [1.165, 1.54) is 7.11 Å². The molecule has 4 nitrogen and oxygen atoms in total. The van der Waals surface area contributed by atoms with Crippen molar-refractivity contribution in [2.45, 2.75) is 13.0 Å². The van der Waals surface area contributed by atoms with Gasteiger partial charge in [0.1, 0.15) is 6.04 Å². The van der Waals surface area contributed by atoms with E-state index in [0.717, 1.165) is 10.2 Å². The number of benzene rings is 1. The second-order valence-electron chi connectivity index (χ2n) is 3.51. The van der Waals surface area contributed by atoms with E-state index < -0.39 is 0 Å². The van der Waals surface area contributed by atoms with Crippen LogP contribution in [-0.2, 0) is 9.53 Å². The maximum Gasteiger partial charge on any atom is 0.328 e. The minimum Gasteiger partial charge on any atom is -0.467 e. The van der Waals surface area contributed by atoms with Crippen LogP contribution in [0.25, 0.3) is 0 Å².